The smallest absolute Gasteiger partial charge is 0.335 e. The number of hydrogen-bond donors (Lipinski definition) is 1. The van der Waals surface area contributed by atoms with E-state index in [0.717, 1.165) is 28.6 Å². The Balaban J connectivity index is 2.01. The molecule has 6 nitrogen and oxygen atoms in total. The molecule has 2 aromatic carbocycles. The van der Waals surface area contributed by atoms with E-state index in [-0.39, 0.29) is 11.8 Å². The Morgan fingerprint density at radius 3 is 2.66 bits per heavy atom. The second kappa shape index (κ2) is 10.2. The van der Waals surface area contributed by atoms with Crippen molar-refractivity contribution in [1.82, 2.24) is 20.0 Å². The van der Waals surface area contributed by atoms with Gasteiger partial charge in [-0.1, -0.05) is 18.7 Å². The lowest BCUT2D eigenvalue weighted by Crippen LogP contribution is -2.34. The maximum Gasteiger partial charge on any atom is 0.342 e. The first kappa shape index (κ1) is 23.1. The van der Waals surface area contributed by atoms with Gasteiger partial charge in [-0.05, 0) is 69.4 Å². The highest BCUT2D eigenvalue weighted by Crippen LogP contribution is 2.31. The van der Waals surface area contributed by atoms with Gasteiger partial charge >= 0.3 is 6.03 Å². The molecule has 3 rings (SSSR count). The lowest BCUT2D eigenvalue weighted by atomic mass is 9.97. The number of benzene rings is 2. The number of nitrogens with one attached hydrogen (secondary N) is 1. The Kier molecular flexibility index (Phi) is 7.33. The number of aryl methyl sites for hydroxylation is 1. The monoisotopic (exact) mass is 433 g/mol. The van der Waals surface area contributed by atoms with Crippen LogP contribution in [0.2, 0.25) is 0 Å². The molecule has 1 heterocycles. The summed E-state index contributed by atoms with van der Waals surface area (Å²) in [5.74, 6) is -0.258. The van der Waals surface area contributed by atoms with E-state index in [2.05, 4.69) is 22.0 Å². The largest absolute Gasteiger partial charge is 0.342 e. The van der Waals surface area contributed by atoms with E-state index in [1.165, 1.54) is 10.7 Å². The number of carbonyl (C=O) groups excluding carboxylic acids is 1. The van der Waals surface area contributed by atoms with Crippen molar-refractivity contribution in [3.05, 3.63) is 77.8 Å². The van der Waals surface area contributed by atoms with E-state index >= 15 is 0 Å². The van der Waals surface area contributed by atoms with E-state index in [4.69, 9.17) is 0 Å². The highest BCUT2D eigenvalue weighted by molar-refractivity contribution is 5.99. The van der Waals surface area contributed by atoms with Gasteiger partial charge in [0, 0.05) is 35.8 Å². The van der Waals surface area contributed by atoms with Crippen molar-refractivity contribution < 1.29 is 9.18 Å². The first-order chi connectivity index (χ1) is 15.3. The van der Waals surface area contributed by atoms with Crippen LogP contribution in [0.25, 0.3) is 22.2 Å². The minimum absolute atomic E-state index is 0.258. The van der Waals surface area contributed by atoms with E-state index in [1.807, 2.05) is 44.1 Å². The summed E-state index contributed by atoms with van der Waals surface area (Å²) < 4.78 is 15.2. The molecule has 0 saturated heterocycles. The molecule has 1 amide bonds. The van der Waals surface area contributed by atoms with Crippen molar-refractivity contribution in [2.45, 2.75) is 13.8 Å². The number of likely N-dealkylation sites (N-methyl/N-ethyl adjacent to an activating group) is 1. The summed E-state index contributed by atoms with van der Waals surface area (Å²) in [6.07, 6.45) is 5.10. The van der Waals surface area contributed by atoms with Gasteiger partial charge in [0.15, 0.2) is 0 Å². The normalized spacial score (nSPS) is 12.4. The number of rotatable bonds is 7. The lowest BCUT2D eigenvalue weighted by Gasteiger charge is -2.12. The molecule has 32 heavy (non-hydrogen) atoms. The van der Waals surface area contributed by atoms with Gasteiger partial charge in [-0.25, -0.2) is 9.18 Å². The molecule has 7 heteroatoms. The quantitative estimate of drug-likeness (QED) is 0.332. The minimum atomic E-state index is -0.271. The van der Waals surface area contributed by atoms with Gasteiger partial charge < -0.3 is 10.2 Å². The van der Waals surface area contributed by atoms with Crippen LogP contribution in [0.5, 0.6) is 0 Å². The van der Waals surface area contributed by atoms with Crippen molar-refractivity contribution >= 4 is 34.4 Å². The third-order valence-corrected chi connectivity index (χ3v) is 5.06. The second-order valence-corrected chi connectivity index (χ2v) is 7.68. The summed E-state index contributed by atoms with van der Waals surface area (Å²) >= 11 is 0. The molecule has 0 radical (unpaired) electrons. The molecule has 0 bridgehead atoms. The van der Waals surface area contributed by atoms with Crippen molar-refractivity contribution in [3.8, 4) is 0 Å². The van der Waals surface area contributed by atoms with Gasteiger partial charge in [-0.3, -0.25) is 4.99 Å². The zero-order valence-corrected chi connectivity index (χ0v) is 18.9. The van der Waals surface area contributed by atoms with Crippen LogP contribution in [-0.4, -0.2) is 54.1 Å². The fourth-order valence-corrected chi connectivity index (χ4v) is 3.40. The molecule has 0 spiro atoms. The molecule has 0 aliphatic rings. The number of allylic oxidation sites excluding steroid dienone is 2. The molecular weight excluding hydrogens is 405 g/mol. The van der Waals surface area contributed by atoms with Crippen LogP contribution in [-0.2, 0) is 0 Å². The molecule has 0 aliphatic heterocycles. The fourth-order valence-electron chi connectivity index (χ4n) is 3.40. The van der Waals surface area contributed by atoms with E-state index < -0.39 is 0 Å². The third kappa shape index (κ3) is 5.00. The SMILES string of the molecule is C=C/C(=C(\N=C/C)c1ccc(F)c(C)c1)c1ccc2c(cnn2C(=O)NCCN(C)C)c1. The molecule has 0 fully saturated rings. The number of amides is 1. The van der Waals surface area contributed by atoms with Crippen molar-refractivity contribution in [3.63, 3.8) is 0 Å². The zero-order valence-electron chi connectivity index (χ0n) is 18.9. The van der Waals surface area contributed by atoms with Crippen LogP contribution in [0.4, 0.5) is 9.18 Å². The Morgan fingerprint density at radius 1 is 1.25 bits per heavy atom. The van der Waals surface area contributed by atoms with Crippen LogP contribution in [0.1, 0.15) is 23.6 Å². The predicted octanol–water partition coefficient (Wildman–Crippen LogP) is 4.75. The first-order valence-corrected chi connectivity index (χ1v) is 10.4. The van der Waals surface area contributed by atoms with Crippen LogP contribution in [0.3, 0.4) is 0 Å². The maximum absolute atomic E-state index is 13.8. The first-order valence-electron chi connectivity index (χ1n) is 10.4. The number of fused-ring (bicyclic) bond motifs is 1. The summed E-state index contributed by atoms with van der Waals surface area (Å²) in [6.45, 7) is 8.81. The van der Waals surface area contributed by atoms with Gasteiger partial charge in [-0.2, -0.15) is 9.78 Å². The van der Waals surface area contributed by atoms with Crippen LogP contribution in [0.15, 0.2) is 60.2 Å². The van der Waals surface area contributed by atoms with E-state index in [9.17, 15) is 9.18 Å². The lowest BCUT2D eigenvalue weighted by molar-refractivity contribution is 0.239. The average Bonchev–Trinajstić information content (AvgIpc) is 3.19. The molecule has 166 valence electrons. The standard InChI is InChI=1S/C25H28FN5O/c1-6-21(24(27-7-2)19-8-10-22(26)17(3)14-19)18-9-11-23-20(15-18)16-29-31(23)25(32)28-12-13-30(4)5/h6-11,14-16H,1,12-13H2,2-5H3,(H,28,32)/b24-21+,27-7-. The molecule has 0 aliphatic carbocycles. The Morgan fingerprint density at radius 2 is 2.00 bits per heavy atom. The number of carbonyl (C=O) groups is 1. The Bertz CT molecular complexity index is 1210. The molecule has 1 N–H and O–H groups in total. The summed E-state index contributed by atoms with van der Waals surface area (Å²) in [4.78, 5) is 19.1. The predicted molar refractivity (Wildman–Crippen MR) is 129 cm³/mol. The summed E-state index contributed by atoms with van der Waals surface area (Å²) in [5.41, 5.74) is 4.43. The molecule has 0 atom stereocenters. The molecular formula is C25H28FN5O. The molecule has 0 unspecified atom stereocenters. The van der Waals surface area contributed by atoms with Crippen LogP contribution < -0.4 is 5.32 Å². The summed E-state index contributed by atoms with van der Waals surface area (Å²) in [6, 6.07) is 10.4. The van der Waals surface area contributed by atoms with Gasteiger partial charge in [0.2, 0.25) is 0 Å². The number of halogens is 1. The van der Waals surface area contributed by atoms with Crippen LogP contribution >= 0.6 is 0 Å². The highest BCUT2D eigenvalue weighted by Gasteiger charge is 2.14. The number of aliphatic imine (C=N–C) groups is 1. The third-order valence-electron chi connectivity index (χ3n) is 5.06. The van der Waals surface area contributed by atoms with E-state index in [1.54, 1.807) is 37.5 Å². The topological polar surface area (TPSA) is 62.5 Å². The number of hydrogen-bond acceptors (Lipinski definition) is 4. The number of aromatic nitrogens is 2. The Labute approximate surface area is 187 Å². The van der Waals surface area contributed by atoms with Gasteiger partial charge in [-0.15, -0.1) is 0 Å². The van der Waals surface area contributed by atoms with E-state index in [0.29, 0.717) is 23.3 Å². The fraction of sp³-hybridized carbons (Fsp3) is 0.240. The maximum atomic E-state index is 13.8. The van der Waals surface area contributed by atoms with Crippen molar-refractivity contribution in [2.75, 3.05) is 27.2 Å². The zero-order chi connectivity index (χ0) is 23.3. The second-order valence-electron chi connectivity index (χ2n) is 7.68. The summed E-state index contributed by atoms with van der Waals surface area (Å²) in [7, 11) is 3.90. The van der Waals surface area contributed by atoms with Gasteiger partial charge in [0.25, 0.3) is 0 Å². The number of nitrogens with zero attached hydrogens (tertiary/aromatic N) is 4. The van der Waals surface area contributed by atoms with Gasteiger partial charge in [0.1, 0.15) is 5.82 Å². The Hall–Kier alpha value is -3.58. The summed E-state index contributed by atoms with van der Waals surface area (Å²) in [5, 5.41) is 7.94. The molecule has 3 aromatic rings. The van der Waals surface area contributed by atoms with Crippen molar-refractivity contribution in [2.24, 2.45) is 4.99 Å². The highest BCUT2D eigenvalue weighted by atomic mass is 19.1. The van der Waals surface area contributed by atoms with Crippen molar-refractivity contribution in [1.29, 1.82) is 0 Å². The van der Waals surface area contributed by atoms with Gasteiger partial charge in [0.05, 0.1) is 17.4 Å². The minimum Gasteiger partial charge on any atom is -0.335 e. The van der Waals surface area contributed by atoms with Crippen LogP contribution in [0, 0.1) is 12.7 Å². The molecule has 1 aromatic heterocycles. The molecule has 0 saturated carbocycles. The average molecular weight is 434 g/mol.